The van der Waals surface area contributed by atoms with Crippen molar-refractivity contribution in [2.45, 2.75) is 72.0 Å². The van der Waals surface area contributed by atoms with Gasteiger partial charge in [-0.05, 0) is 70.6 Å². The first-order valence-corrected chi connectivity index (χ1v) is 7.98. The van der Waals surface area contributed by atoms with E-state index in [1.54, 1.807) is 0 Å². The number of ether oxygens (including phenoxy) is 2. The Balaban J connectivity index is 2.05. The molecule has 0 aromatic rings. The maximum atomic E-state index is 6.09. The van der Waals surface area contributed by atoms with E-state index in [4.69, 9.17) is 9.47 Å². The molecular formula is C17H32O2. The summed E-state index contributed by atoms with van der Waals surface area (Å²) in [7, 11) is 0. The molecule has 0 N–H and O–H groups in total. The fourth-order valence-corrected chi connectivity index (χ4v) is 3.73. The summed E-state index contributed by atoms with van der Waals surface area (Å²) in [6.45, 7) is 15.5. The lowest BCUT2D eigenvalue weighted by atomic mass is 9.70. The highest BCUT2D eigenvalue weighted by atomic mass is 16.5. The van der Waals surface area contributed by atoms with E-state index in [0.717, 1.165) is 13.2 Å². The van der Waals surface area contributed by atoms with Crippen molar-refractivity contribution in [3.05, 3.63) is 0 Å². The third-order valence-electron chi connectivity index (χ3n) is 5.39. The molecule has 0 saturated carbocycles. The van der Waals surface area contributed by atoms with Gasteiger partial charge in [0.2, 0.25) is 0 Å². The van der Waals surface area contributed by atoms with Crippen molar-refractivity contribution in [3.63, 3.8) is 0 Å². The molecule has 2 aliphatic rings. The summed E-state index contributed by atoms with van der Waals surface area (Å²) in [5, 5.41) is 0. The second kappa shape index (κ2) is 5.37. The highest BCUT2D eigenvalue weighted by molar-refractivity contribution is 4.92. The molecule has 2 fully saturated rings. The van der Waals surface area contributed by atoms with Crippen LogP contribution in [-0.4, -0.2) is 24.4 Å². The van der Waals surface area contributed by atoms with Crippen LogP contribution in [0.2, 0.25) is 0 Å². The Morgan fingerprint density at radius 2 is 1.16 bits per heavy atom. The molecule has 2 rings (SSSR count). The molecule has 2 nitrogen and oxygen atoms in total. The van der Waals surface area contributed by atoms with E-state index in [0.29, 0.717) is 23.7 Å². The summed E-state index contributed by atoms with van der Waals surface area (Å²) in [5.74, 6) is 2.72. The minimum Gasteiger partial charge on any atom is -0.375 e. The minimum absolute atomic E-state index is 0.0310. The largest absolute Gasteiger partial charge is 0.375 e. The van der Waals surface area contributed by atoms with Gasteiger partial charge in [0.1, 0.15) is 0 Å². The summed E-state index contributed by atoms with van der Waals surface area (Å²) in [5.41, 5.74) is 0.0621. The predicted octanol–water partition coefficient (Wildman–Crippen LogP) is 4.28. The van der Waals surface area contributed by atoms with Crippen LogP contribution >= 0.6 is 0 Å². The highest BCUT2D eigenvalue weighted by Gasteiger charge is 2.42. The molecule has 2 aliphatic heterocycles. The summed E-state index contributed by atoms with van der Waals surface area (Å²) in [6, 6.07) is 0. The van der Waals surface area contributed by atoms with Crippen LogP contribution < -0.4 is 0 Å². The third-order valence-corrected chi connectivity index (χ3v) is 5.39. The van der Waals surface area contributed by atoms with Gasteiger partial charge in [0.25, 0.3) is 0 Å². The number of hydrogen-bond donors (Lipinski definition) is 0. The van der Waals surface area contributed by atoms with Gasteiger partial charge < -0.3 is 9.47 Å². The lowest BCUT2D eigenvalue weighted by Crippen LogP contribution is -2.47. The summed E-state index contributed by atoms with van der Waals surface area (Å²) >= 11 is 0. The third kappa shape index (κ3) is 3.52. The van der Waals surface area contributed by atoms with Crippen molar-refractivity contribution in [1.29, 1.82) is 0 Å². The fraction of sp³-hybridized carbons (Fsp3) is 1.00. The van der Waals surface area contributed by atoms with Gasteiger partial charge in [0.05, 0.1) is 11.2 Å². The Kier molecular flexibility index (Phi) is 4.32. The SMILES string of the molecule is CC1COC(C)(C)C(CC2CC(C)COC2(C)C)C1. The van der Waals surface area contributed by atoms with E-state index < -0.39 is 0 Å². The van der Waals surface area contributed by atoms with Crippen molar-refractivity contribution in [3.8, 4) is 0 Å². The van der Waals surface area contributed by atoms with Crippen molar-refractivity contribution < 1.29 is 9.47 Å². The van der Waals surface area contributed by atoms with Crippen LogP contribution in [0.5, 0.6) is 0 Å². The normalized spacial score (nSPS) is 42.0. The molecule has 0 amide bonds. The lowest BCUT2D eigenvalue weighted by Gasteiger charge is -2.47. The molecule has 0 radical (unpaired) electrons. The smallest absolute Gasteiger partial charge is 0.0654 e. The van der Waals surface area contributed by atoms with E-state index in [9.17, 15) is 0 Å². The van der Waals surface area contributed by atoms with Gasteiger partial charge in [0, 0.05) is 13.2 Å². The van der Waals surface area contributed by atoms with Gasteiger partial charge in [-0.3, -0.25) is 0 Å². The number of hydrogen-bond acceptors (Lipinski definition) is 2. The zero-order valence-electron chi connectivity index (χ0n) is 13.7. The van der Waals surface area contributed by atoms with Crippen molar-refractivity contribution in [2.24, 2.45) is 23.7 Å². The standard InChI is InChI=1S/C17H32O2/c1-12-7-14(16(3,4)18-10-12)9-15-8-13(2)11-19-17(15,5)6/h12-15H,7-11H2,1-6H3. The predicted molar refractivity (Wildman–Crippen MR) is 79.2 cm³/mol. The van der Waals surface area contributed by atoms with Gasteiger partial charge in [-0.2, -0.15) is 0 Å². The molecule has 112 valence electrons. The average Bonchev–Trinajstić information content (AvgIpc) is 2.29. The van der Waals surface area contributed by atoms with Gasteiger partial charge in [-0.25, -0.2) is 0 Å². The van der Waals surface area contributed by atoms with Crippen molar-refractivity contribution >= 4 is 0 Å². The molecule has 2 heteroatoms. The van der Waals surface area contributed by atoms with Crippen LogP contribution in [0.15, 0.2) is 0 Å². The maximum Gasteiger partial charge on any atom is 0.0654 e. The molecule has 0 aromatic heterocycles. The van der Waals surface area contributed by atoms with E-state index >= 15 is 0 Å². The van der Waals surface area contributed by atoms with E-state index in [2.05, 4.69) is 41.5 Å². The molecule has 4 atom stereocenters. The zero-order chi connectivity index (χ0) is 14.3. The first-order valence-electron chi connectivity index (χ1n) is 7.98. The molecule has 0 bridgehead atoms. The van der Waals surface area contributed by atoms with Crippen LogP contribution in [0.25, 0.3) is 0 Å². The van der Waals surface area contributed by atoms with Gasteiger partial charge in [-0.1, -0.05) is 13.8 Å². The van der Waals surface area contributed by atoms with E-state index in [1.807, 2.05) is 0 Å². The number of rotatable bonds is 2. The monoisotopic (exact) mass is 268 g/mol. The van der Waals surface area contributed by atoms with Gasteiger partial charge in [0.15, 0.2) is 0 Å². The van der Waals surface area contributed by atoms with E-state index in [-0.39, 0.29) is 11.2 Å². The topological polar surface area (TPSA) is 18.5 Å². The molecule has 2 heterocycles. The first kappa shape index (κ1) is 15.3. The van der Waals surface area contributed by atoms with Crippen LogP contribution in [0.3, 0.4) is 0 Å². The summed E-state index contributed by atoms with van der Waals surface area (Å²) < 4.78 is 12.2. The summed E-state index contributed by atoms with van der Waals surface area (Å²) in [6.07, 6.45) is 3.84. The van der Waals surface area contributed by atoms with Gasteiger partial charge in [-0.15, -0.1) is 0 Å². The Bertz CT molecular complexity index is 278. The summed E-state index contributed by atoms with van der Waals surface area (Å²) in [4.78, 5) is 0. The molecule has 19 heavy (non-hydrogen) atoms. The Labute approximate surface area is 119 Å². The van der Waals surface area contributed by atoms with Crippen LogP contribution in [0, 0.1) is 23.7 Å². The minimum atomic E-state index is 0.0310. The second-order valence-electron chi connectivity index (χ2n) is 8.14. The second-order valence-corrected chi connectivity index (χ2v) is 8.14. The zero-order valence-corrected chi connectivity index (χ0v) is 13.7. The highest BCUT2D eigenvalue weighted by Crippen LogP contribution is 2.43. The molecule has 0 spiro atoms. The fourth-order valence-electron chi connectivity index (χ4n) is 3.73. The van der Waals surface area contributed by atoms with E-state index in [1.165, 1.54) is 19.3 Å². The Hall–Kier alpha value is -0.0800. The Morgan fingerprint density at radius 3 is 1.53 bits per heavy atom. The van der Waals surface area contributed by atoms with Crippen molar-refractivity contribution in [2.75, 3.05) is 13.2 Å². The molecular weight excluding hydrogens is 236 g/mol. The van der Waals surface area contributed by atoms with Crippen LogP contribution in [0.1, 0.15) is 60.8 Å². The van der Waals surface area contributed by atoms with Crippen LogP contribution in [0.4, 0.5) is 0 Å². The van der Waals surface area contributed by atoms with Crippen molar-refractivity contribution in [1.82, 2.24) is 0 Å². The quantitative estimate of drug-likeness (QED) is 0.744. The maximum absolute atomic E-state index is 6.09. The molecule has 4 unspecified atom stereocenters. The average molecular weight is 268 g/mol. The molecule has 0 aliphatic carbocycles. The first-order chi connectivity index (χ1) is 8.71. The molecule has 0 aromatic carbocycles. The molecule has 2 saturated heterocycles. The lowest BCUT2D eigenvalue weighted by molar-refractivity contribution is -0.152. The Morgan fingerprint density at radius 1 is 0.789 bits per heavy atom. The van der Waals surface area contributed by atoms with Crippen LogP contribution in [-0.2, 0) is 9.47 Å². The van der Waals surface area contributed by atoms with Gasteiger partial charge >= 0.3 is 0 Å².